The van der Waals surface area contributed by atoms with E-state index < -0.39 is 24.4 Å². The summed E-state index contributed by atoms with van der Waals surface area (Å²) in [6.07, 6.45) is -0.532. The lowest BCUT2D eigenvalue weighted by Gasteiger charge is -1.99. The molecule has 0 saturated heterocycles. The quantitative estimate of drug-likeness (QED) is 0.369. The number of aliphatic carboxylic acids is 2. The monoisotopic (exact) mass is 210 g/mol. The lowest BCUT2D eigenvalue weighted by Crippen LogP contribution is -2.32. The number of carboxylic acids is 2. The van der Waals surface area contributed by atoms with E-state index in [4.69, 9.17) is 21.7 Å². The number of nitrogens with two attached hydrogens (primary N) is 2. The van der Waals surface area contributed by atoms with E-state index in [1.807, 2.05) is 0 Å². The number of hydrogen-bond acceptors (Lipinski definition) is 5. The summed E-state index contributed by atoms with van der Waals surface area (Å²) in [6.45, 7) is 0.684. The van der Waals surface area contributed by atoms with Crippen LogP contribution in [0, 0.1) is 0 Å². The van der Waals surface area contributed by atoms with Crippen molar-refractivity contribution in [2.45, 2.75) is 12.5 Å². The van der Waals surface area contributed by atoms with Crippen molar-refractivity contribution in [2.75, 3.05) is 12.3 Å². The first-order valence-electron chi connectivity index (χ1n) is 3.46. The highest BCUT2D eigenvalue weighted by Crippen LogP contribution is 1.86. The molecule has 0 saturated carbocycles. The molecule has 6 N–H and O–H groups in total. The van der Waals surface area contributed by atoms with E-state index in [-0.39, 0.29) is 0 Å². The normalized spacial score (nSPS) is 11.0. The fraction of sp³-hybridized carbons (Fsp3) is 0.667. The maximum Gasteiger partial charge on any atom is 0.321 e. The predicted molar refractivity (Wildman–Crippen MR) is 50.8 cm³/mol. The van der Waals surface area contributed by atoms with Crippen molar-refractivity contribution in [1.29, 1.82) is 0 Å². The zero-order valence-corrected chi connectivity index (χ0v) is 7.91. The van der Waals surface area contributed by atoms with Gasteiger partial charge in [0.1, 0.15) is 6.04 Å². The minimum Gasteiger partial charge on any atom is -0.481 e. The Balaban J connectivity index is 0. The molecule has 0 unspecified atom stereocenters. The number of thiol groups is 1. The van der Waals surface area contributed by atoms with Crippen LogP contribution in [0.15, 0.2) is 0 Å². The van der Waals surface area contributed by atoms with Gasteiger partial charge in [-0.15, -0.1) is 0 Å². The largest absolute Gasteiger partial charge is 0.481 e. The Morgan fingerprint density at radius 2 is 1.77 bits per heavy atom. The Labute approximate surface area is 81.3 Å². The van der Waals surface area contributed by atoms with E-state index in [0.717, 1.165) is 5.75 Å². The van der Waals surface area contributed by atoms with Gasteiger partial charge >= 0.3 is 11.9 Å². The zero-order chi connectivity index (χ0) is 10.9. The van der Waals surface area contributed by atoms with Crippen LogP contribution >= 0.6 is 12.6 Å². The van der Waals surface area contributed by atoms with E-state index in [2.05, 4.69) is 12.6 Å². The highest BCUT2D eigenvalue weighted by molar-refractivity contribution is 7.80. The molecule has 7 heteroatoms. The van der Waals surface area contributed by atoms with Crippen molar-refractivity contribution < 1.29 is 19.8 Å². The third kappa shape index (κ3) is 14.1. The molecule has 0 bridgehead atoms. The second-order valence-electron chi connectivity index (χ2n) is 2.05. The number of rotatable bonds is 4. The molecule has 0 aliphatic heterocycles. The summed E-state index contributed by atoms with van der Waals surface area (Å²) in [5.74, 6) is -1.71. The van der Waals surface area contributed by atoms with E-state index in [1.165, 1.54) is 0 Å². The standard InChI is InChI=1S/C4H7NO4.C2H7NS/c5-2(4(8)9)1-3(6)7;3-1-2-4/h2H,1,5H2,(H,6,7)(H,8,9);4H,1-3H2/t2-;/m0./s1. The molecule has 78 valence electrons. The molecular weight excluding hydrogens is 196 g/mol. The van der Waals surface area contributed by atoms with Gasteiger partial charge in [0, 0.05) is 12.3 Å². The van der Waals surface area contributed by atoms with Crippen molar-refractivity contribution in [3.05, 3.63) is 0 Å². The summed E-state index contributed by atoms with van der Waals surface area (Å²) in [4.78, 5) is 19.6. The molecule has 1 atom stereocenters. The molecule has 0 amide bonds. The van der Waals surface area contributed by atoms with Crippen LogP contribution in [0.1, 0.15) is 6.42 Å². The fourth-order valence-corrected chi connectivity index (χ4v) is 0.275. The van der Waals surface area contributed by atoms with Gasteiger partial charge < -0.3 is 21.7 Å². The van der Waals surface area contributed by atoms with Crippen LogP contribution in [0.25, 0.3) is 0 Å². The predicted octanol–water partition coefficient (Wildman–Crippen LogP) is -1.25. The Kier molecular flexibility index (Phi) is 10.5. The summed E-state index contributed by atoms with van der Waals surface area (Å²) in [6, 6.07) is -1.29. The minimum atomic E-state index is -1.29. The van der Waals surface area contributed by atoms with Gasteiger partial charge in [-0.1, -0.05) is 0 Å². The molecule has 0 aliphatic rings. The molecule has 0 aromatic heterocycles. The van der Waals surface area contributed by atoms with Crippen LogP contribution in [0.3, 0.4) is 0 Å². The van der Waals surface area contributed by atoms with Crippen LogP contribution in [0.2, 0.25) is 0 Å². The van der Waals surface area contributed by atoms with E-state index in [9.17, 15) is 9.59 Å². The maximum absolute atomic E-state index is 9.85. The average molecular weight is 210 g/mol. The molecule has 0 spiro atoms. The lowest BCUT2D eigenvalue weighted by molar-refractivity contribution is -0.144. The zero-order valence-electron chi connectivity index (χ0n) is 7.01. The van der Waals surface area contributed by atoms with Gasteiger partial charge in [-0.05, 0) is 0 Å². The number of carboxylic acid groups (broad SMARTS) is 2. The molecule has 0 fully saturated rings. The van der Waals surface area contributed by atoms with Crippen molar-refractivity contribution in [2.24, 2.45) is 11.5 Å². The van der Waals surface area contributed by atoms with E-state index in [0.29, 0.717) is 6.54 Å². The van der Waals surface area contributed by atoms with Gasteiger partial charge in [0.15, 0.2) is 0 Å². The van der Waals surface area contributed by atoms with E-state index in [1.54, 1.807) is 0 Å². The van der Waals surface area contributed by atoms with Crippen LogP contribution in [0.4, 0.5) is 0 Å². The van der Waals surface area contributed by atoms with Crippen molar-refractivity contribution in [3.8, 4) is 0 Å². The van der Waals surface area contributed by atoms with Crippen molar-refractivity contribution >= 4 is 24.6 Å². The van der Waals surface area contributed by atoms with Gasteiger partial charge in [0.2, 0.25) is 0 Å². The molecule has 0 aliphatic carbocycles. The summed E-state index contributed by atoms with van der Waals surface area (Å²) in [7, 11) is 0. The number of carbonyl (C=O) groups is 2. The van der Waals surface area contributed by atoms with Crippen LogP contribution < -0.4 is 11.5 Å². The maximum atomic E-state index is 9.85. The molecule has 13 heavy (non-hydrogen) atoms. The minimum absolute atomic E-state index is 0.532. The first-order valence-corrected chi connectivity index (χ1v) is 4.10. The Morgan fingerprint density at radius 1 is 1.38 bits per heavy atom. The van der Waals surface area contributed by atoms with Crippen molar-refractivity contribution in [1.82, 2.24) is 0 Å². The molecule has 0 aromatic rings. The molecule has 0 heterocycles. The van der Waals surface area contributed by atoms with Crippen LogP contribution in [-0.2, 0) is 9.59 Å². The summed E-state index contributed by atoms with van der Waals surface area (Å²) >= 11 is 3.80. The summed E-state index contributed by atoms with van der Waals surface area (Å²) in [5.41, 5.74) is 9.79. The molecule has 0 rings (SSSR count). The van der Waals surface area contributed by atoms with Gasteiger partial charge in [0.05, 0.1) is 6.42 Å². The van der Waals surface area contributed by atoms with Gasteiger partial charge in [-0.2, -0.15) is 12.6 Å². The Hall–Kier alpha value is -0.790. The highest BCUT2D eigenvalue weighted by Gasteiger charge is 2.14. The fourth-order valence-electron chi connectivity index (χ4n) is 0.275. The summed E-state index contributed by atoms with van der Waals surface area (Å²) < 4.78 is 0. The summed E-state index contributed by atoms with van der Waals surface area (Å²) in [5, 5.41) is 16.0. The van der Waals surface area contributed by atoms with E-state index >= 15 is 0 Å². The first-order chi connectivity index (χ1) is 5.95. The van der Waals surface area contributed by atoms with Gasteiger partial charge in [-0.3, -0.25) is 9.59 Å². The third-order valence-corrected chi connectivity index (χ3v) is 1.10. The van der Waals surface area contributed by atoms with Gasteiger partial charge in [0.25, 0.3) is 0 Å². The second-order valence-corrected chi connectivity index (χ2v) is 2.50. The topological polar surface area (TPSA) is 127 Å². The average Bonchev–Trinajstić information content (AvgIpc) is 2.03. The highest BCUT2D eigenvalue weighted by atomic mass is 32.1. The third-order valence-electron chi connectivity index (χ3n) is 0.841. The second kappa shape index (κ2) is 9.30. The van der Waals surface area contributed by atoms with Crippen molar-refractivity contribution in [3.63, 3.8) is 0 Å². The molecule has 6 nitrogen and oxygen atoms in total. The molecule has 0 aromatic carbocycles. The smallest absolute Gasteiger partial charge is 0.321 e. The van der Waals surface area contributed by atoms with Crippen LogP contribution in [-0.4, -0.2) is 40.5 Å². The Bertz CT molecular complexity index is 163. The Morgan fingerprint density at radius 3 is 1.85 bits per heavy atom. The van der Waals surface area contributed by atoms with Gasteiger partial charge in [-0.25, -0.2) is 0 Å². The molecular formula is C6H14N2O4S. The SMILES string of the molecule is NCCS.N[C@@H](CC(=O)O)C(=O)O. The number of hydrogen-bond donors (Lipinski definition) is 5. The lowest BCUT2D eigenvalue weighted by atomic mass is 10.2. The van der Waals surface area contributed by atoms with Crippen LogP contribution in [0.5, 0.6) is 0 Å². The first kappa shape index (κ1) is 14.7. The molecule has 0 radical (unpaired) electrons.